The number of hydrogen-bond acceptors (Lipinski definition) is 5. The molecular formula is C15H12ClN5OS. The van der Waals surface area contributed by atoms with Crippen LogP contribution in [0, 0.1) is 0 Å². The van der Waals surface area contributed by atoms with Crippen LogP contribution in [0.1, 0.15) is 0 Å². The zero-order chi connectivity index (χ0) is 16.1. The number of halogens is 1. The predicted octanol–water partition coefficient (Wildman–Crippen LogP) is 3.05. The average molecular weight is 346 g/mol. The lowest BCUT2D eigenvalue weighted by Crippen LogP contribution is -2.14. The van der Waals surface area contributed by atoms with Crippen molar-refractivity contribution in [1.29, 1.82) is 0 Å². The van der Waals surface area contributed by atoms with E-state index in [1.165, 1.54) is 11.8 Å². The summed E-state index contributed by atoms with van der Waals surface area (Å²) in [6.45, 7) is 0. The summed E-state index contributed by atoms with van der Waals surface area (Å²) < 4.78 is 1.66. The molecule has 0 unspecified atom stereocenters. The van der Waals surface area contributed by atoms with Gasteiger partial charge in [0.15, 0.2) is 5.15 Å². The van der Waals surface area contributed by atoms with Crippen LogP contribution in [0.25, 0.3) is 5.69 Å². The maximum Gasteiger partial charge on any atom is 0.234 e. The van der Waals surface area contributed by atoms with Crippen LogP contribution < -0.4 is 5.32 Å². The van der Waals surface area contributed by atoms with Gasteiger partial charge in [-0.05, 0) is 24.3 Å². The summed E-state index contributed by atoms with van der Waals surface area (Å²) >= 11 is 7.15. The summed E-state index contributed by atoms with van der Waals surface area (Å²) in [5, 5.41) is 7.82. The number of pyridine rings is 1. The number of benzene rings is 1. The fourth-order valence-corrected chi connectivity index (χ4v) is 2.58. The van der Waals surface area contributed by atoms with E-state index >= 15 is 0 Å². The highest BCUT2D eigenvalue weighted by molar-refractivity contribution is 7.99. The highest BCUT2D eigenvalue weighted by Crippen LogP contribution is 2.19. The number of anilines is 1. The van der Waals surface area contributed by atoms with Gasteiger partial charge in [0.1, 0.15) is 6.33 Å². The second-order valence-electron chi connectivity index (χ2n) is 4.49. The van der Waals surface area contributed by atoms with E-state index in [4.69, 9.17) is 11.6 Å². The number of nitrogens with zero attached hydrogens (tertiary/aromatic N) is 4. The van der Waals surface area contributed by atoms with Gasteiger partial charge in [0.05, 0.1) is 17.1 Å². The quantitative estimate of drug-likeness (QED) is 0.568. The van der Waals surface area contributed by atoms with E-state index in [1.54, 1.807) is 29.3 Å². The van der Waals surface area contributed by atoms with Crippen LogP contribution in [0.15, 0.2) is 60.1 Å². The summed E-state index contributed by atoms with van der Waals surface area (Å²) in [4.78, 5) is 20.0. The molecule has 0 saturated heterocycles. The minimum absolute atomic E-state index is 0.185. The molecule has 0 atom stereocenters. The molecule has 3 rings (SSSR count). The summed E-state index contributed by atoms with van der Waals surface area (Å²) in [7, 11) is 0. The monoisotopic (exact) mass is 345 g/mol. The number of nitrogens with one attached hydrogen (secondary N) is 1. The van der Waals surface area contributed by atoms with Crippen molar-refractivity contribution in [1.82, 2.24) is 19.7 Å². The molecule has 2 aromatic heterocycles. The number of amides is 1. The molecule has 1 amide bonds. The lowest BCUT2D eigenvalue weighted by Gasteiger charge is -2.04. The summed E-state index contributed by atoms with van der Waals surface area (Å²) in [5.41, 5.74) is 1.40. The van der Waals surface area contributed by atoms with E-state index in [0.29, 0.717) is 10.8 Å². The van der Waals surface area contributed by atoms with E-state index in [1.807, 2.05) is 30.3 Å². The SMILES string of the molecule is O=C(CSc1ncn(-c2ccccc2)n1)Nc1cccnc1Cl. The van der Waals surface area contributed by atoms with E-state index in [2.05, 4.69) is 20.4 Å². The number of thioether (sulfide) groups is 1. The lowest BCUT2D eigenvalue weighted by molar-refractivity contribution is -0.113. The third kappa shape index (κ3) is 4.08. The average Bonchev–Trinajstić information content (AvgIpc) is 3.05. The van der Waals surface area contributed by atoms with Gasteiger partial charge in [0.25, 0.3) is 0 Å². The molecule has 6 nitrogen and oxygen atoms in total. The predicted molar refractivity (Wildman–Crippen MR) is 90.0 cm³/mol. The first kappa shape index (κ1) is 15.5. The molecule has 8 heteroatoms. The smallest absolute Gasteiger partial charge is 0.234 e. The fourth-order valence-electron chi connectivity index (χ4n) is 1.81. The second-order valence-corrected chi connectivity index (χ2v) is 5.79. The number of aromatic nitrogens is 4. The van der Waals surface area contributed by atoms with Crippen LogP contribution in [0.4, 0.5) is 5.69 Å². The molecule has 0 aliphatic carbocycles. The van der Waals surface area contributed by atoms with E-state index < -0.39 is 0 Å². The first-order valence-electron chi connectivity index (χ1n) is 6.72. The second kappa shape index (κ2) is 7.26. The van der Waals surface area contributed by atoms with Crippen LogP contribution >= 0.6 is 23.4 Å². The first-order valence-corrected chi connectivity index (χ1v) is 8.09. The summed E-state index contributed by atoms with van der Waals surface area (Å²) in [6, 6.07) is 13.0. The highest BCUT2D eigenvalue weighted by Gasteiger charge is 2.09. The first-order chi connectivity index (χ1) is 11.2. The van der Waals surface area contributed by atoms with Crippen LogP contribution in [0.2, 0.25) is 5.15 Å². The van der Waals surface area contributed by atoms with Crippen LogP contribution in [0.5, 0.6) is 0 Å². The Bertz CT molecular complexity index is 808. The largest absolute Gasteiger partial charge is 0.323 e. The van der Waals surface area contributed by atoms with Gasteiger partial charge in [-0.2, -0.15) is 0 Å². The Kier molecular flexibility index (Phi) is 4.89. The molecule has 116 valence electrons. The van der Waals surface area contributed by atoms with Gasteiger partial charge >= 0.3 is 0 Å². The van der Waals surface area contributed by atoms with Crippen molar-refractivity contribution in [3.8, 4) is 5.69 Å². The van der Waals surface area contributed by atoms with Gasteiger partial charge in [0.2, 0.25) is 11.1 Å². The molecule has 0 saturated carbocycles. The van der Waals surface area contributed by atoms with E-state index in [0.717, 1.165) is 5.69 Å². The van der Waals surface area contributed by atoms with Gasteiger partial charge in [0, 0.05) is 6.20 Å². The molecule has 0 aliphatic rings. The van der Waals surface area contributed by atoms with Crippen LogP contribution in [0.3, 0.4) is 0 Å². The van der Waals surface area contributed by atoms with Crippen LogP contribution in [-0.4, -0.2) is 31.4 Å². The standard InChI is InChI=1S/C15H12ClN5OS/c16-14-12(7-4-8-17-14)19-13(22)9-23-15-18-10-21(20-15)11-5-2-1-3-6-11/h1-8,10H,9H2,(H,19,22). The molecule has 0 spiro atoms. The van der Waals surface area contributed by atoms with Gasteiger partial charge in [-0.15, -0.1) is 5.10 Å². The lowest BCUT2D eigenvalue weighted by atomic mass is 10.3. The van der Waals surface area contributed by atoms with Crippen molar-refractivity contribution in [2.24, 2.45) is 0 Å². The summed E-state index contributed by atoms with van der Waals surface area (Å²) in [5.74, 6) is -0.00900. The molecule has 1 aromatic carbocycles. The maximum absolute atomic E-state index is 11.9. The van der Waals surface area contributed by atoms with Crippen molar-refractivity contribution in [2.45, 2.75) is 5.16 Å². The normalized spacial score (nSPS) is 10.5. The van der Waals surface area contributed by atoms with Crippen molar-refractivity contribution < 1.29 is 4.79 Å². The van der Waals surface area contributed by atoms with Crippen molar-refractivity contribution in [3.05, 3.63) is 60.1 Å². The number of rotatable bonds is 5. The van der Waals surface area contributed by atoms with Crippen molar-refractivity contribution in [2.75, 3.05) is 11.1 Å². The van der Waals surface area contributed by atoms with Crippen molar-refractivity contribution >= 4 is 35.0 Å². The topological polar surface area (TPSA) is 72.7 Å². The number of carbonyl (C=O) groups is 1. The minimum Gasteiger partial charge on any atom is -0.323 e. The molecule has 0 bridgehead atoms. The molecule has 0 radical (unpaired) electrons. The van der Waals surface area contributed by atoms with E-state index in [-0.39, 0.29) is 16.8 Å². The van der Waals surface area contributed by atoms with Gasteiger partial charge in [-0.3, -0.25) is 4.79 Å². The third-order valence-electron chi connectivity index (χ3n) is 2.86. The Hall–Kier alpha value is -2.38. The van der Waals surface area contributed by atoms with E-state index in [9.17, 15) is 4.79 Å². The number of carbonyl (C=O) groups excluding carboxylic acids is 1. The zero-order valence-corrected chi connectivity index (χ0v) is 13.5. The van der Waals surface area contributed by atoms with Gasteiger partial charge in [-0.25, -0.2) is 14.6 Å². The Labute approximate surface area is 141 Å². The Morgan fingerprint density at radius 3 is 2.78 bits per heavy atom. The van der Waals surface area contributed by atoms with Gasteiger partial charge < -0.3 is 5.32 Å². The molecular weight excluding hydrogens is 334 g/mol. The Balaban J connectivity index is 1.58. The zero-order valence-electron chi connectivity index (χ0n) is 11.9. The third-order valence-corrected chi connectivity index (χ3v) is 4.01. The van der Waals surface area contributed by atoms with Crippen LogP contribution in [-0.2, 0) is 4.79 Å². The number of hydrogen-bond donors (Lipinski definition) is 1. The molecule has 23 heavy (non-hydrogen) atoms. The Morgan fingerprint density at radius 1 is 1.17 bits per heavy atom. The van der Waals surface area contributed by atoms with Crippen molar-refractivity contribution in [3.63, 3.8) is 0 Å². The number of para-hydroxylation sites is 1. The highest BCUT2D eigenvalue weighted by atomic mass is 35.5. The molecule has 3 aromatic rings. The molecule has 2 heterocycles. The molecule has 1 N–H and O–H groups in total. The molecule has 0 fully saturated rings. The molecule has 0 aliphatic heterocycles. The Morgan fingerprint density at radius 2 is 2.00 bits per heavy atom. The fraction of sp³-hybridized carbons (Fsp3) is 0.0667. The summed E-state index contributed by atoms with van der Waals surface area (Å²) in [6.07, 6.45) is 3.18. The minimum atomic E-state index is -0.194. The van der Waals surface area contributed by atoms with Gasteiger partial charge in [-0.1, -0.05) is 41.6 Å². The maximum atomic E-state index is 11.9.